The number of alkyl halides is 3. The molecule has 0 aromatic carbocycles. The van der Waals surface area contributed by atoms with Gasteiger partial charge in [0.15, 0.2) is 0 Å². The summed E-state index contributed by atoms with van der Waals surface area (Å²) in [5, 5.41) is 7.77. The van der Waals surface area contributed by atoms with Crippen molar-refractivity contribution in [2.75, 3.05) is 0 Å². The maximum absolute atomic E-state index is 13.3. The molecular formula is C16H24F3N3O2. The van der Waals surface area contributed by atoms with E-state index in [1.54, 1.807) is 0 Å². The van der Waals surface area contributed by atoms with Crippen molar-refractivity contribution in [1.82, 2.24) is 16.0 Å². The lowest BCUT2D eigenvalue weighted by Crippen LogP contribution is -2.69. The quantitative estimate of drug-likeness (QED) is 0.734. The summed E-state index contributed by atoms with van der Waals surface area (Å²) < 4.78 is 39.9. The van der Waals surface area contributed by atoms with E-state index in [4.69, 9.17) is 0 Å². The fourth-order valence-corrected chi connectivity index (χ4v) is 4.32. The normalized spacial score (nSPS) is 28.1. The molecule has 24 heavy (non-hydrogen) atoms. The van der Waals surface area contributed by atoms with E-state index in [9.17, 15) is 22.8 Å². The summed E-state index contributed by atoms with van der Waals surface area (Å²) in [4.78, 5) is 23.8. The van der Waals surface area contributed by atoms with Gasteiger partial charge in [-0.1, -0.05) is 12.8 Å². The molecule has 0 aromatic heterocycles. The Balaban J connectivity index is 1.62. The van der Waals surface area contributed by atoms with Crippen molar-refractivity contribution in [2.24, 2.45) is 5.92 Å². The highest BCUT2D eigenvalue weighted by molar-refractivity contribution is 5.80. The Bertz CT molecular complexity index is 499. The lowest BCUT2D eigenvalue weighted by molar-refractivity contribution is -0.164. The molecular weight excluding hydrogens is 323 g/mol. The van der Waals surface area contributed by atoms with Crippen LogP contribution in [0.4, 0.5) is 18.0 Å². The predicted octanol–water partition coefficient (Wildman–Crippen LogP) is 2.61. The summed E-state index contributed by atoms with van der Waals surface area (Å²) in [5.41, 5.74) is -0.465. The molecule has 3 amide bonds. The van der Waals surface area contributed by atoms with Crippen molar-refractivity contribution in [3.63, 3.8) is 0 Å². The van der Waals surface area contributed by atoms with Gasteiger partial charge in [0, 0.05) is 6.42 Å². The maximum Gasteiger partial charge on any atom is 0.408 e. The summed E-state index contributed by atoms with van der Waals surface area (Å²) in [5.74, 6) is -0.591. The molecule has 2 aliphatic carbocycles. The second kappa shape index (κ2) is 6.44. The Morgan fingerprint density at radius 1 is 1.17 bits per heavy atom. The van der Waals surface area contributed by atoms with Crippen LogP contribution in [0.2, 0.25) is 0 Å². The third-order valence-electron chi connectivity index (χ3n) is 5.78. The van der Waals surface area contributed by atoms with E-state index in [1.807, 2.05) is 0 Å². The molecule has 0 aromatic rings. The second-order valence-corrected chi connectivity index (χ2v) is 7.33. The van der Waals surface area contributed by atoms with Crippen LogP contribution < -0.4 is 16.0 Å². The van der Waals surface area contributed by atoms with E-state index >= 15 is 0 Å². The third-order valence-corrected chi connectivity index (χ3v) is 5.78. The molecule has 8 heteroatoms. The van der Waals surface area contributed by atoms with Crippen LogP contribution in [0.5, 0.6) is 0 Å². The van der Waals surface area contributed by atoms with E-state index < -0.39 is 29.7 Å². The van der Waals surface area contributed by atoms with Gasteiger partial charge in [0.25, 0.3) is 0 Å². The number of hydrogen-bond donors (Lipinski definition) is 3. The van der Waals surface area contributed by atoms with Crippen LogP contribution >= 0.6 is 0 Å². The zero-order chi connectivity index (χ0) is 17.4. The van der Waals surface area contributed by atoms with Crippen LogP contribution in [0.25, 0.3) is 0 Å². The van der Waals surface area contributed by atoms with E-state index in [0.29, 0.717) is 19.3 Å². The lowest BCUT2D eigenvalue weighted by Gasteiger charge is -2.51. The van der Waals surface area contributed by atoms with Gasteiger partial charge in [-0.2, -0.15) is 13.2 Å². The molecule has 2 saturated carbocycles. The molecule has 3 fully saturated rings. The smallest absolute Gasteiger partial charge is 0.349 e. The molecule has 1 saturated heterocycles. The summed E-state index contributed by atoms with van der Waals surface area (Å²) in [6.07, 6.45) is 1.33. The first kappa shape index (κ1) is 17.4. The molecule has 1 spiro atoms. The monoisotopic (exact) mass is 347 g/mol. The molecule has 1 heterocycles. The lowest BCUT2D eigenvalue weighted by atomic mass is 9.68. The van der Waals surface area contributed by atoms with Gasteiger partial charge < -0.3 is 16.0 Å². The van der Waals surface area contributed by atoms with Crippen LogP contribution in [0.15, 0.2) is 0 Å². The van der Waals surface area contributed by atoms with Crippen molar-refractivity contribution in [2.45, 2.75) is 81.6 Å². The molecule has 2 atom stereocenters. The number of hydrogen-bond acceptors (Lipinski definition) is 2. The average molecular weight is 347 g/mol. The fraction of sp³-hybridized carbons (Fsp3) is 0.875. The van der Waals surface area contributed by atoms with Crippen LogP contribution in [0.1, 0.15) is 57.8 Å². The van der Waals surface area contributed by atoms with Gasteiger partial charge in [-0.15, -0.1) is 0 Å². The Morgan fingerprint density at radius 2 is 1.83 bits per heavy atom. The number of urea groups is 1. The van der Waals surface area contributed by atoms with Gasteiger partial charge in [0.05, 0.1) is 11.6 Å². The van der Waals surface area contributed by atoms with Gasteiger partial charge >= 0.3 is 12.2 Å². The minimum Gasteiger partial charge on any atom is -0.349 e. The first-order valence-electron chi connectivity index (χ1n) is 8.75. The van der Waals surface area contributed by atoms with Gasteiger partial charge in [-0.25, -0.2) is 4.79 Å². The molecule has 136 valence electrons. The van der Waals surface area contributed by atoms with E-state index in [0.717, 1.165) is 32.1 Å². The van der Waals surface area contributed by atoms with Crippen molar-refractivity contribution in [3.8, 4) is 0 Å². The highest BCUT2D eigenvalue weighted by atomic mass is 19.4. The molecule has 0 radical (unpaired) electrons. The Morgan fingerprint density at radius 3 is 2.38 bits per heavy atom. The van der Waals surface area contributed by atoms with Gasteiger partial charge in [-0.05, 0) is 44.4 Å². The van der Waals surface area contributed by atoms with Crippen molar-refractivity contribution in [3.05, 3.63) is 0 Å². The highest BCUT2D eigenvalue weighted by Gasteiger charge is 2.50. The van der Waals surface area contributed by atoms with Crippen molar-refractivity contribution < 1.29 is 22.8 Å². The third kappa shape index (κ3) is 3.47. The molecule has 2 unspecified atom stereocenters. The first-order valence-corrected chi connectivity index (χ1v) is 8.75. The Hall–Kier alpha value is -1.47. The molecule has 1 aliphatic heterocycles. The minimum absolute atomic E-state index is 0.0488. The Labute approximate surface area is 139 Å². The number of nitrogens with one attached hydrogen (secondary N) is 3. The van der Waals surface area contributed by atoms with Crippen LogP contribution in [-0.4, -0.2) is 35.7 Å². The minimum atomic E-state index is -4.44. The fourth-order valence-electron chi connectivity index (χ4n) is 4.32. The number of piperidine rings is 1. The largest absolute Gasteiger partial charge is 0.408 e. The standard InChI is InChI=1S/C16H24F3N3O2/c17-16(18,19)13(10-4-1-2-5-10)21-14(24)20-11-6-7-12(23)22-15(11)8-3-9-15/h10-11,13H,1-9H2,(H,22,23)(H2,20,21,24). The summed E-state index contributed by atoms with van der Waals surface area (Å²) >= 11 is 0. The number of carbonyl (C=O) groups is 2. The number of amides is 3. The average Bonchev–Trinajstić information content (AvgIpc) is 2.97. The van der Waals surface area contributed by atoms with E-state index in [1.165, 1.54) is 0 Å². The van der Waals surface area contributed by atoms with Crippen LogP contribution in [0.3, 0.4) is 0 Å². The van der Waals surface area contributed by atoms with Crippen LogP contribution in [-0.2, 0) is 4.79 Å². The molecule has 0 bridgehead atoms. The number of halogens is 3. The summed E-state index contributed by atoms with van der Waals surface area (Å²) in [6, 6.07) is -2.88. The summed E-state index contributed by atoms with van der Waals surface area (Å²) in [7, 11) is 0. The van der Waals surface area contributed by atoms with Crippen molar-refractivity contribution >= 4 is 11.9 Å². The zero-order valence-corrected chi connectivity index (χ0v) is 13.5. The maximum atomic E-state index is 13.3. The second-order valence-electron chi connectivity index (χ2n) is 7.33. The summed E-state index contributed by atoms with van der Waals surface area (Å²) in [6.45, 7) is 0. The molecule has 5 nitrogen and oxygen atoms in total. The van der Waals surface area contributed by atoms with E-state index in [2.05, 4.69) is 16.0 Å². The predicted molar refractivity (Wildman–Crippen MR) is 81.2 cm³/mol. The Kier molecular flexibility index (Phi) is 4.66. The SMILES string of the molecule is O=C1CCC(NC(=O)NC(C2CCCC2)C(F)(F)F)C2(CCC2)N1. The first-order chi connectivity index (χ1) is 11.3. The number of carbonyl (C=O) groups excluding carboxylic acids is 2. The topological polar surface area (TPSA) is 70.2 Å². The van der Waals surface area contributed by atoms with Gasteiger partial charge in [-0.3, -0.25) is 4.79 Å². The molecule has 3 rings (SSSR count). The van der Waals surface area contributed by atoms with E-state index in [-0.39, 0.29) is 18.4 Å². The van der Waals surface area contributed by atoms with Gasteiger partial charge in [0.1, 0.15) is 6.04 Å². The van der Waals surface area contributed by atoms with Crippen molar-refractivity contribution in [1.29, 1.82) is 0 Å². The highest BCUT2D eigenvalue weighted by Crippen LogP contribution is 2.39. The van der Waals surface area contributed by atoms with Crippen LogP contribution in [0, 0.1) is 5.92 Å². The number of rotatable bonds is 3. The van der Waals surface area contributed by atoms with Gasteiger partial charge in [0.2, 0.25) is 5.91 Å². The molecule has 3 N–H and O–H groups in total. The zero-order valence-electron chi connectivity index (χ0n) is 13.5. The molecule has 3 aliphatic rings.